The average molecular weight is 475 g/mol. The summed E-state index contributed by atoms with van der Waals surface area (Å²) in [7, 11) is 0. The molecule has 1 amide bonds. The zero-order valence-corrected chi connectivity index (χ0v) is 20.3. The Morgan fingerprint density at radius 2 is 1.56 bits per heavy atom. The predicted molar refractivity (Wildman–Crippen MR) is 139 cm³/mol. The molecule has 3 heterocycles. The Kier molecular flexibility index (Phi) is 7.43. The number of H-pyrrole nitrogens is 2. The maximum absolute atomic E-state index is 13.8. The van der Waals surface area contributed by atoms with Crippen molar-refractivity contribution in [1.29, 1.82) is 0 Å². The van der Waals surface area contributed by atoms with Crippen molar-refractivity contribution in [2.24, 2.45) is 0 Å². The highest BCUT2D eigenvalue weighted by Gasteiger charge is 2.31. The Bertz CT molecular complexity index is 1350. The SMILES string of the molecule is CC.O=C(C(c1ccccc1)n1ccc2[nH][nH]c(=O)c2c1=S)N1CCC(c2ccccc2)CC1. The van der Waals surface area contributed by atoms with E-state index in [0.717, 1.165) is 18.4 Å². The largest absolute Gasteiger partial charge is 0.341 e. The second kappa shape index (κ2) is 10.7. The first-order valence-corrected chi connectivity index (χ1v) is 12.2. The second-order valence-corrected chi connectivity index (χ2v) is 8.61. The number of amides is 1. The van der Waals surface area contributed by atoms with Crippen LogP contribution in [0, 0.1) is 4.64 Å². The molecule has 6 nitrogen and oxygen atoms in total. The lowest BCUT2D eigenvalue weighted by Gasteiger charge is -2.35. The monoisotopic (exact) mass is 474 g/mol. The smallest absolute Gasteiger partial charge is 0.274 e. The van der Waals surface area contributed by atoms with Crippen LogP contribution in [0.1, 0.15) is 49.8 Å². The third kappa shape index (κ3) is 4.61. The van der Waals surface area contributed by atoms with Gasteiger partial charge in [0.1, 0.15) is 16.1 Å². The molecule has 0 aliphatic carbocycles. The highest BCUT2D eigenvalue weighted by molar-refractivity contribution is 7.71. The Balaban J connectivity index is 0.00000133. The lowest BCUT2D eigenvalue weighted by molar-refractivity contribution is -0.134. The number of aromatic amines is 2. The van der Waals surface area contributed by atoms with Crippen LogP contribution in [0.25, 0.3) is 10.9 Å². The molecule has 1 aliphatic heterocycles. The molecule has 0 radical (unpaired) electrons. The van der Waals surface area contributed by atoms with E-state index in [0.29, 0.717) is 34.6 Å². The number of carbonyl (C=O) groups excluding carboxylic acids is 1. The Hall–Kier alpha value is -3.45. The summed E-state index contributed by atoms with van der Waals surface area (Å²) < 4.78 is 2.10. The van der Waals surface area contributed by atoms with Crippen molar-refractivity contribution >= 4 is 29.0 Å². The molecular weight excluding hydrogens is 444 g/mol. The minimum atomic E-state index is -0.615. The molecule has 1 aliphatic rings. The van der Waals surface area contributed by atoms with Gasteiger partial charge in [-0.15, -0.1) is 0 Å². The minimum absolute atomic E-state index is 0.00475. The quantitative estimate of drug-likeness (QED) is 0.389. The van der Waals surface area contributed by atoms with Gasteiger partial charge in [-0.1, -0.05) is 86.7 Å². The maximum Gasteiger partial charge on any atom is 0.274 e. The van der Waals surface area contributed by atoms with E-state index < -0.39 is 6.04 Å². The van der Waals surface area contributed by atoms with Crippen LogP contribution >= 0.6 is 12.2 Å². The summed E-state index contributed by atoms with van der Waals surface area (Å²) in [6.07, 6.45) is 3.65. The fraction of sp³-hybridized carbons (Fsp3) is 0.296. The van der Waals surface area contributed by atoms with Crippen LogP contribution in [0.2, 0.25) is 0 Å². The van der Waals surface area contributed by atoms with Crippen LogP contribution < -0.4 is 5.56 Å². The van der Waals surface area contributed by atoms with Gasteiger partial charge in [-0.05, 0) is 36.0 Å². The van der Waals surface area contributed by atoms with Crippen LogP contribution in [0.4, 0.5) is 0 Å². The number of rotatable bonds is 4. The molecule has 5 rings (SSSR count). The van der Waals surface area contributed by atoms with Crippen LogP contribution in [0.3, 0.4) is 0 Å². The van der Waals surface area contributed by atoms with Gasteiger partial charge < -0.3 is 9.47 Å². The first-order chi connectivity index (χ1) is 16.6. The zero-order valence-electron chi connectivity index (χ0n) is 19.5. The molecule has 2 N–H and O–H groups in total. The van der Waals surface area contributed by atoms with Crippen molar-refractivity contribution in [2.45, 2.75) is 38.6 Å². The van der Waals surface area contributed by atoms with Crippen molar-refractivity contribution in [2.75, 3.05) is 13.1 Å². The van der Waals surface area contributed by atoms with Gasteiger partial charge in [0.25, 0.3) is 5.56 Å². The highest BCUT2D eigenvalue weighted by atomic mass is 32.1. The summed E-state index contributed by atoms with van der Waals surface area (Å²) >= 11 is 5.67. The molecule has 34 heavy (non-hydrogen) atoms. The molecule has 0 bridgehead atoms. The topological polar surface area (TPSA) is 73.9 Å². The number of piperidine rings is 1. The van der Waals surface area contributed by atoms with E-state index in [1.54, 1.807) is 16.8 Å². The molecular formula is C27H30N4O2S. The van der Waals surface area contributed by atoms with Gasteiger partial charge in [0.2, 0.25) is 5.91 Å². The number of hydrogen-bond acceptors (Lipinski definition) is 3. The first kappa shape index (κ1) is 23.7. The summed E-state index contributed by atoms with van der Waals surface area (Å²) in [5.41, 5.74) is 2.55. The van der Waals surface area contributed by atoms with Crippen molar-refractivity contribution < 1.29 is 4.79 Å². The number of nitrogens with zero attached hydrogens (tertiary/aromatic N) is 2. The zero-order chi connectivity index (χ0) is 24.1. The molecule has 1 unspecified atom stereocenters. The first-order valence-electron chi connectivity index (χ1n) is 11.8. The maximum atomic E-state index is 13.8. The standard InChI is InChI=1S/C25H24N4O2S.C2H6/c30-23-21-20(26-27-23)13-16-29(25(21)32)22(19-9-5-2-6-10-19)24(31)28-14-11-18(12-15-28)17-7-3-1-4-8-17;1-2/h1-10,13,16,18,22H,11-12,14-15H2,(H2,26,27,30);1-2H3. The van der Waals surface area contributed by atoms with Crippen molar-refractivity contribution in [3.8, 4) is 0 Å². The van der Waals surface area contributed by atoms with Gasteiger partial charge in [-0.25, -0.2) is 0 Å². The summed E-state index contributed by atoms with van der Waals surface area (Å²) in [6, 6.07) is 21.3. The lowest BCUT2D eigenvalue weighted by atomic mass is 9.89. The predicted octanol–water partition coefficient (Wildman–Crippen LogP) is 5.41. The summed E-state index contributed by atoms with van der Waals surface area (Å²) in [5.74, 6) is 0.470. The van der Waals surface area contributed by atoms with E-state index in [2.05, 4.69) is 34.5 Å². The highest BCUT2D eigenvalue weighted by Crippen LogP contribution is 2.30. The molecule has 2 aromatic heterocycles. The van der Waals surface area contributed by atoms with E-state index in [-0.39, 0.29) is 11.5 Å². The Morgan fingerprint density at radius 3 is 2.21 bits per heavy atom. The molecule has 176 valence electrons. The molecule has 0 saturated carbocycles. The number of nitrogens with one attached hydrogen (secondary N) is 2. The molecule has 7 heteroatoms. The van der Waals surface area contributed by atoms with Gasteiger partial charge in [0.05, 0.1) is 5.52 Å². The van der Waals surface area contributed by atoms with Crippen molar-refractivity contribution in [3.05, 3.63) is 99.0 Å². The molecule has 1 atom stereocenters. The van der Waals surface area contributed by atoms with E-state index in [9.17, 15) is 9.59 Å². The molecule has 1 fully saturated rings. The van der Waals surface area contributed by atoms with E-state index in [1.807, 2.05) is 55.1 Å². The number of hydrogen-bond donors (Lipinski definition) is 2. The van der Waals surface area contributed by atoms with E-state index in [1.165, 1.54) is 5.56 Å². The van der Waals surface area contributed by atoms with Crippen LogP contribution in [-0.2, 0) is 4.79 Å². The van der Waals surface area contributed by atoms with Gasteiger partial charge in [0, 0.05) is 19.3 Å². The third-order valence-corrected chi connectivity index (χ3v) is 6.78. The minimum Gasteiger partial charge on any atom is -0.341 e. The number of likely N-dealkylation sites (tertiary alicyclic amines) is 1. The van der Waals surface area contributed by atoms with Crippen molar-refractivity contribution in [3.63, 3.8) is 0 Å². The number of aromatic nitrogens is 3. The molecule has 4 aromatic rings. The van der Waals surface area contributed by atoms with Gasteiger partial charge in [-0.2, -0.15) is 0 Å². The van der Waals surface area contributed by atoms with Crippen LogP contribution in [-0.4, -0.2) is 38.7 Å². The number of carbonyl (C=O) groups is 1. The summed E-state index contributed by atoms with van der Waals surface area (Å²) in [5, 5.41) is 5.82. The number of fused-ring (bicyclic) bond motifs is 1. The van der Waals surface area contributed by atoms with Crippen molar-refractivity contribution in [1.82, 2.24) is 19.7 Å². The number of pyridine rings is 1. The number of benzene rings is 2. The van der Waals surface area contributed by atoms with Crippen LogP contribution in [0.5, 0.6) is 0 Å². The fourth-order valence-corrected chi connectivity index (χ4v) is 5.02. The second-order valence-electron chi connectivity index (χ2n) is 8.22. The normalized spacial score (nSPS) is 14.9. The summed E-state index contributed by atoms with van der Waals surface area (Å²) in [4.78, 5) is 28.0. The lowest BCUT2D eigenvalue weighted by Crippen LogP contribution is -2.42. The van der Waals surface area contributed by atoms with Gasteiger partial charge >= 0.3 is 0 Å². The Labute approximate surface area is 204 Å². The van der Waals surface area contributed by atoms with Gasteiger partial charge in [-0.3, -0.25) is 19.8 Å². The molecule has 1 saturated heterocycles. The average Bonchev–Trinajstić information content (AvgIpc) is 3.29. The van der Waals surface area contributed by atoms with E-state index >= 15 is 0 Å². The fourth-order valence-electron chi connectivity index (χ4n) is 4.65. The molecule has 0 spiro atoms. The third-order valence-electron chi connectivity index (χ3n) is 6.36. The van der Waals surface area contributed by atoms with Gasteiger partial charge in [0.15, 0.2) is 0 Å². The van der Waals surface area contributed by atoms with E-state index in [4.69, 9.17) is 12.2 Å². The molecule has 2 aromatic carbocycles. The Morgan fingerprint density at radius 1 is 0.941 bits per heavy atom. The summed E-state index contributed by atoms with van der Waals surface area (Å²) in [6.45, 7) is 5.39. The van der Waals surface area contributed by atoms with Crippen LogP contribution in [0.15, 0.2) is 77.7 Å².